The smallest absolute Gasteiger partial charge is 0.217 e. The van der Waals surface area contributed by atoms with E-state index in [0.717, 1.165) is 0 Å². The molecule has 0 aliphatic heterocycles. The van der Waals surface area contributed by atoms with Crippen molar-refractivity contribution in [1.29, 1.82) is 0 Å². The number of phenols is 1. The lowest BCUT2D eigenvalue weighted by Crippen LogP contribution is -2.27. The van der Waals surface area contributed by atoms with Crippen LogP contribution in [-0.2, 0) is 4.79 Å². The highest BCUT2D eigenvalue weighted by Crippen LogP contribution is 2.40. The molecule has 140 valence electrons. The Hall–Kier alpha value is -2.99. The van der Waals surface area contributed by atoms with Crippen molar-refractivity contribution in [2.24, 2.45) is 0 Å². The van der Waals surface area contributed by atoms with E-state index in [1.807, 2.05) is 0 Å². The first kappa shape index (κ1) is 18.8. The van der Waals surface area contributed by atoms with Crippen molar-refractivity contribution in [3.63, 3.8) is 0 Å². The standard InChI is InChI=1S/C20H19ClN2O4/c1-11(24)23-18(12-6-7-16(26-2)17(9-12)27-3)14-10-15(21)13-5-4-8-22-19(13)20(14)25/h4-10,18,25H,1-3H3,(H,23,24)/t18-/m0/s1. The van der Waals surface area contributed by atoms with E-state index in [0.29, 0.717) is 38.6 Å². The molecule has 0 aliphatic carbocycles. The highest BCUT2D eigenvalue weighted by atomic mass is 35.5. The Bertz CT molecular complexity index is 1010. The van der Waals surface area contributed by atoms with Gasteiger partial charge in [-0.15, -0.1) is 0 Å². The molecule has 1 heterocycles. The number of aromatic nitrogens is 1. The van der Waals surface area contributed by atoms with Gasteiger partial charge in [0.1, 0.15) is 11.3 Å². The maximum Gasteiger partial charge on any atom is 0.217 e. The van der Waals surface area contributed by atoms with Gasteiger partial charge in [-0.05, 0) is 35.9 Å². The Labute approximate surface area is 161 Å². The van der Waals surface area contributed by atoms with Gasteiger partial charge in [0.25, 0.3) is 0 Å². The number of benzene rings is 2. The number of hydrogen-bond acceptors (Lipinski definition) is 5. The van der Waals surface area contributed by atoms with Crippen molar-refractivity contribution in [3.8, 4) is 17.2 Å². The molecule has 0 fully saturated rings. The van der Waals surface area contributed by atoms with Gasteiger partial charge in [-0.1, -0.05) is 17.7 Å². The molecule has 3 rings (SSSR count). The average Bonchev–Trinajstić information content (AvgIpc) is 2.68. The predicted octanol–water partition coefficient (Wildman–Crippen LogP) is 3.84. The molecular formula is C20H19ClN2O4. The van der Waals surface area contributed by atoms with E-state index in [1.54, 1.807) is 49.7 Å². The van der Waals surface area contributed by atoms with Crippen LogP contribution in [0.3, 0.4) is 0 Å². The highest BCUT2D eigenvalue weighted by molar-refractivity contribution is 6.35. The fourth-order valence-corrected chi connectivity index (χ4v) is 3.27. The Morgan fingerprint density at radius 2 is 1.93 bits per heavy atom. The fourth-order valence-electron chi connectivity index (χ4n) is 3.00. The lowest BCUT2D eigenvalue weighted by Gasteiger charge is -2.22. The topological polar surface area (TPSA) is 80.7 Å². The fraction of sp³-hybridized carbons (Fsp3) is 0.200. The average molecular weight is 387 g/mol. The molecular weight excluding hydrogens is 368 g/mol. The summed E-state index contributed by atoms with van der Waals surface area (Å²) in [6.07, 6.45) is 1.58. The number of amides is 1. The van der Waals surface area contributed by atoms with Crippen LogP contribution in [0.4, 0.5) is 0 Å². The van der Waals surface area contributed by atoms with Crippen LogP contribution in [0.2, 0.25) is 5.02 Å². The van der Waals surface area contributed by atoms with Crippen molar-refractivity contribution in [1.82, 2.24) is 10.3 Å². The highest BCUT2D eigenvalue weighted by Gasteiger charge is 2.23. The third kappa shape index (κ3) is 3.61. The minimum absolute atomic E-state index is 0.0384. The molecule has 3 aromatic rings. The van der Waals surface area contributed by atoms with Gasteiger partial charge in [0.05, 0.1) is 25.3 Å². The van der Waals surface area contributed by atoms with Crippen LogP contribution >= 0.6 is 11.6 Å². The molecule has 0 bridgehead atoms. The molecule has 7 heteroatoms. The van der Waals surface area contributed by atoms with Crippen LogP contribution in [0.5, 0.6) is 17.2 Å². The number of carbonyl (C=O) groups excluding carboxylic acids is 1. The van der Waals surface area contributed by atoms with Gasteiger partial charge in [0, 0.05) is 24.1 Å². The van der Waals surface area contributed by atoms with E-state index in [9.17, 15) is 9.90 Å². The quantitative estimate of drug-likeness (QED) is 0.696. The number of methoxy groups -OCH3 is 2. The monoisotopic (exact) mass is 386 g/mol. The first-order chi connectivity index (χ1) is 13.0. The van der Waals surface area contributed by atoms with Gasteiger partial charge in [-0.2, -0.15) is 0 Å². The van der Waals surface area contributed by atoms with E-state index in [-0.39, 0.29) is 11.7 Å². The summed E-state index contributed by atoms with van der Waals surface area (Å²) in [5.41, 5.74) is 1.51. The first-order valence-corrected chi connectivity index (χ1v) is 8.59. The van der Waals surface area contributed by atoms with E-state index < -0.39 is 6.04 Å². The number of carbonyl (C=O) groups is 1. The summed E-state index contributed by atoms with van der Waals surface area (Å²) in [6, 6.07) is 9.78. The molecule has 1 amide bonds. The van der Waals surface area contributed by atoms with Crippen molar-refractivity contribution in [2.75, 3.05) is 14.2 Å². The summed E-state index contributed by atoms with van der Waals surface area (Å²) >= 11 is 6.40. The normalized spacial score (nSPS) is 11.9. The number of halogens is 1. The molecule has 0 aliphatic rings. The maximum absolute atomic E-state index is 11.8. The zero-order chi connectivity index (χ0) is 19.6. The van der Waals surface area contributed by atoms with E-state index in [2.05, 4.69) is 10.3 Å². The summed E-state index contributed by atoms with van der Waals surface area (Å²) in [5, 5.41) is 14.7. The molecule has 2 aromatic carbocycles. The van der Waals surface area contributed by atoms with Crippen molar-refractivity contribution < 1.29 is 19.4 Å². The molecule has 2 N–H and O–H groups in total. The molecule has 0 saturated carbocycles. The zero-order valence-electron chi connectivity index (χ0n) is 15.1. The first-order valence-electron chi connectivity index (χ1n) is 8.21. The Morgan fingerprint density at radius 3 is 2.59 bits per heavy atom. The second-order valence-electron chi connectivity index (χ2n) is 5.94. The van der Waals surface area contributed by atoms with Crippen LogP contribution in [0.15, 0.2) is 42.6 Å². The maximum atomic E-state index is 11.8. The molecule has 27 heavy (non-hydrogen) atoms. The van der Waals surface area contributed by atoms with Crippen molar-refractivity contribution in [3.05, 3.63) is 58.7 Å². The van der Waals surface area contributed by atoms with Crippen LogP contribution in [-0.4, -0.2) is 30.2 Å². The Kier molecular flexibility index (Phi) is 5.37. The predicted molar refractivity (Wildman–Crippen MR) is 104 cm³/mol. The van der Waals surface area contributed by atoms with E-state index >= 15 is 0 Å². The minimum atomic E-state index is -0.647. The van der Waals surface area contributed by atoms with Crippen LogP contribution in [0, 0.1) is 0 Å². The van der Waals surface area contributed by atoms with Gasteiger partial charge in [-0.3, -0.25) is 9.78 Å². The number of phenolic OH excluding ortho intramolecular Hbond substituents is 1. The number of nitrogens with zero attached hydrogens (tertiary/aromatic N) is 1. The number of fused-ring (bicyclic) bond motifs is 1. The van der Waals surface area contributed by atoms with Crippen molar-refractivity contribution >= 4 is 28.4 Å². The van der Waals surface area contributed by atoms with E-state index in [4.69, 9.17) is 21.1 Å². The minimum Gasteiger partial charge on any atom is -0.505 e. The number of aromatic hydroxyl groups is 1. The summed E-state index contributed by atoms with van der Waals surface area (Å²) in [7, 11) is 3.08. The summed E-state index contributed by atoms with van der Waals surface area (Å²) in [5.74, 6) is 0.773. The lowest BCUT2D eigenvalue weighted by atomic mass is 9.95. The van der Waals surface area contributed by atoms with Gasteiger partial charge < -0.3 is 19.9 Å². The lowest BCUT2D eigenvalue weighted by molar-refractivity contribution is -0.119. The molecule has 1 aromatic heterocycles. The summed E-state index contributed by atoms with van der Waals surface area (Å²) in [4.78, 5) is 16.1. The summed E-state index contributed by atoms with van der Waals surface area (Å²) < 4.78 is 10.6. The van der Waals surface area contributed by atoms with Gasteiger partial charge >= 0.3 is 0 Å². The molecule has 1 atom stereocenters. The third-order valence-electron chi connectivity index (χ3n) is 4.24. The second kappa shape index (κ2) is 7.72. The molecule has 0 radical (unpaired) electrons. The number of nitrogens with one attached hydrogen (secondary N) is 1. The van der Waals surface area contributed by atoms with Gasteiger partial charge in [0.15, 0.2) is 11.5 Å². The Morgan fingerprint density at radius 1 is 1.19 bits per heavy atom. The number of hydrogen-bond donors (Lipinski definition) is 2. The molecule has 0 spiro atoms. The molecule has 6 nitrogen and oxygen atoms in total. The van der Waals surface area contributed by atoms with Crippen molar-refractivity contribution in [2.45, 2.75) is 13.0 Å². The van der Waals surface area contributed by atoms with Crippen LogP contribution < -0.4 is 14.8 Å². The van der Waals surface area contributed by atoms with Crippen LogP contribution in [0.1, 0.15) is 24.1 Å². The number of pyridine rings is 1. The summed E-state index contributed by atoms with van der Waals surface area (Å²) in [6.45, 7) is 1.41. The SMILES string of the molecule is COc1ccc([C@H](NC(C)=O)c2cc(Cl)c3cccnc3c2O)cc1OC. The van der Waals surface area contributed by atoms with Gasteiger partial charge in [-0.25, -0.2) is 0 Å². The molecule has 0 unspecified atom stereocenters. The third-order valence-corrected chi connectivity index (χ3v) is 4.56. The molecule has 0 saturated heterocycles. The Balaban J connectivity index is 2.21. The zero-order valence-corrected chi connectivity index (χ0v) is 15.9. The van der Waals surface area contributed by atoms with E-state index in [1.165, 1.54) is 14.0 Å². The number of ether oxygens (including phenoxy) is 2. The number of rotatable bonds is 5. The largest absolute Gasteiger partial charge is 0.505 e. The van der Waals surface area contributed by atoms with Gasteiger partial charge in [0.2, 0.25) is 5.91 Å². The van der Waals surface area contributed by atoms with Crippen LogP contribution in [0.25, 0.3) is 10.9 Å². The second-order valence-corrected chi connectivity index (χ2v) is 6.35.